The van der Waals surface area contributed by atoms with Crippen LogP contribution in [0.2, 0.25) is 0 Å². The van der Waals surface area contributed by atoms with Crippen LogP contribution in [0, 0.1) is 0 Å². The molecule has 0 heterocycles. The molecule has 0 aliphatic carbocycles. The minimum atomic E-state index is -0.0828. The average molecular weight is 383 g/mol. The summed E-state index contributed by atoms with van der Waals surface area (Å²) in [6.45, 7) is 4.78. The van der Waals surface area contributed by atoms with Gasteiger partial charge in [-0.15, -0.1) is 0 Å². The Bertz CT molecular complexity index is 705. The topological polar surface area (TPSA) is 74.8 Å². The molecule has 0 saturated carbocycles. The normalized spacial score (nSPS) is 11.0. The van der Waals surface area contributed by atoms with Crippen molar-refractivity contribution in [2.45, 2.75) is 19.8 Å². The molecule has 0 aromatic heterocycles. The van der Waals surface area contributed by atoms with E-state index in [1.807, 2.05) is 55.5 Å². The van der Waals surface area contributed by atoms with Gasteiger partial charge in [-0.25, -0.2) is 4.99 Å². The van der Waals surface area contributed by atoms with Crippen LogP contribution < -0.4 is 20.7 Å². The van der Waals surface area contributed by atoms with E-state index in [2.05, 4.69) is 33.1 Å². The van der Waals surface area contributed by atoms with Gasteiger partial charge in [-0.1, -0.05) is 48.5 Å². The zero-order chi connectivity index (χ0) is 19.9. The van der Waals surface area contributed by atoms with Gasteiger partial charge in [-0.05, 0) is 37.5 Å². The third kappa shape index (κ3) is 9.07. The molecule has 2 aromatic rings. The first-order valence-electron chi connectivity index (χ1n) is 9.78. The molecule has 0 spiro atoms. The summed E-state index contributed by atoms with van der Waals surface area (Å²) >= 11 is 0. The number of aliphatic imine (C=N–C) groups is 1. The fraction of sp³-hybridized carbons (Fsp3) is 0.364. The van der Waals surface area contributed by atoms with E-state index < -0.39 is 0 Å². The van der Waals surface area contributed by atoms with Crippen molar-refractivity contribution in [3.8, 4) is 5.75 Å². The summed E-state index contributed by atoms with van der Waals surface area (Å²) < 4.78 is 5.66. The van der Waals surface area contributed by atoms with E-state index in [9.17, 15) is 4.79 Å². The lowest BCUT2D eigenvalue weighted by molar-refractivity contribution is -0.119. The van der Waals surface area contributed by atoms with Crippen LogP contribution in [0.25, 0.3) is 0 Å². The molecule has 6 nitrogen and oxygen atoms in total. The second kappa shape index (κ2) is 13.2. The summed E-state index contributed by atoms with van der Waals surface area (Å²) in [5.41, 5.74) is 1.21. The first-order valence-corrected chi connectivity index (χ1v) is 9.78. The predicted octanol–water partition coefficient (Wildman–Crippen LogP) is 2.37. The first-order chi connectivity index (χ1) is 13.8. The molecule has 1 amide bonds. The van der Waals surface area contributed by atoms with E-state index >= 15 is 0 Å². The van der Waals surface area contributed by atoms with Crippen LogP contribution in [0.1, 0.15) is 18.9 Å². The average Bonchev–Trinajstić information content (AvgIpc) is 2.73. The number of hydrogen-bond acceptors (Lipinski definition) is 3. The molecule has 2 aromatic carbocycles. The number of guanidine groups is 1. The molecule has 0 atom stereocenters. The number of para-hydroxylation sites is 1. The van der Waals surface area contributed by atoms with Crippen molar-refractivity contribution >= 4 is 11.9 Å². The number of nitrogens with zero attached hydrogens (tertiary/aromatic N) is 1. The number of hydrogen-bond donors (Lipinski definition) is 3. The van der Waals surface area contributed by atoms with Gasteiger partial charge in [0.05, 0.1) is 6.61 Å². The Kier molecular flexibility index (Phi) is 10.0. The summed E-state index contributed by atoms with van der Waals surface area (Å²) in [5, 5.41) is 9.27. The number of carbonyl (C=O) groups is 1. The van der Waals surface area contributed by atoms with Gasteiger partial charge >= 0.3 is 0 Å². The molecule has 0 fully saturated rings. The van der Waals surface area contributed by atoms with Crippen LogP contribution in [0.3, 0.4) is 0 Å². The summed E-state index contributed by atoms with van der Waals surface area (Å²) in [7, 11) is 0. The van der Waals surface area contributed by atoms with Gasteiger partial charge in [0.1, 0.15) is 12.3 Å². The molecular weight excluding hydrogens is 352 g/mol. The van der Waals surface area contributed by atoms with E-state index in [1.165, 1.54) is 5.56 Å². The van der Waals surface area contributed by atoms with Gasteiger partial charge < -0.3 is 20.7 Å². The van der Waals surface area contributed by atoms with Gasteiger partial charge in [0.2, 0.25) is 5.91 Å². The maximum atomic E-state index is 12.0. The minimum Gasteiger partial charge on any atom is -0.494 e. The monoisotopic (exact) mass is 382 g/mol. The lowest BCUT2D eigenvalue weighted by Crippen LogP contribution is -2.39. The Morgan fingerprint density at radius 2 is 1.64 bits per heavy atom. The molecule has 28 heavy (non-hydrogen) atoms. The van der Waals surface area contributed by atoms with Crippen molar-refractivity contribution in [2.24, 2.45) is 4.99 Å². The molecule has 0 saturated heterocycles. The van der Waals surface area contributed by atoms with Crippen molar-refractivity contribution in [2.75, 3.05) is 32.8 Å². The lowest BCUT2D eigenvalue weighted by atomic mass is 10.1. The second-order valence-corrected chi connectivity index (χ2v) is 6.22. The third-order valence-electron chi connectivity index (χ3n) is 3.93. The Morgan fingerprint density at radius 3 is 2.36 bits per heavy atom. The second-order valence-electron chi connectivity index (χ2n) is 6.22. The van der Waals surface area contributed by atoms with Crippen LogP contribution in [-0.2, 0) is 11.2 Å². The molecule has 2 rings (SSSR count). The van der Waals surface area contributed by atoms with Gasteiger partial charge in [-0.2, -0.15) is 0 Å². The zero-order valence-corrected chi connectivity index (χ0v) is 16.5. The van der Waals surface area contributed by atoms with Crippen molar-refractivity contribution in [1.82, 2.24) is 16.0 Å². The summed E-state index contributed by atoms with van der Waals surface area (Å²) in [5.74, 6) is 1.43. The van der Waals surface area contributed by atoms with E-state index in [-0.39, 0.29) is 12.5 Å². The van der Waals surface area contributed by atoms with Crippen LogP contribution >= 0.6 is 0 Å². The van der Waals surface area contributed by atoms with Crippen LogP contribution in [-0.4, -0.2) is 44.7 Å². The molecule has 0 bridgehead atoms. The summed E-state index contributed by atoms with van der Waals surface area (Å²) in [6, 6.07) is 19.8. The quantitative estimate of drug-likeness (QED) is 0.317. The smallest absolute Gasteiger partial charge is 0.241 e. The highest BCUT2D eigenvalue weighted by Gasteiger charge is 2.02. The van der Waals surface area contributed by atoms with Crippen molar-refractivity contribution < 1.29 is 9.53 Å². The molecule has 0 aliphatic rings. The third-order valence-corrected chi connectivity index (χ3v) is 3.93. The molecule has 150 valence electrons. The highest BCUT2D eigenvalue weighted by Crippen LogP contribution is 2.07. The Balaban J connectivity index is 1.62. The van der Waals surface area contributed by atoms with Gasteiger partial charge in [-0.3, -0.25) is 4.79 Å². The van der Waals surface area contributed by atoms with E-state index in [1.54, 1.807) is 0 Å². The maximum absolute atomic E-state index is 12.0. The van der Waals surface area contributed by atoms with Crippen molar-refractivity contribution in [3.63, 3.8) is 0 Å². The Hall–Kier alpha value is -3.02. The largest absolute Gasteiger partial charge is 0.494 e. The SMILES string of the molecule is CCNC(=NCC(=O)NCCc1ccccc1)NCCCOc1ccccc1. The standard InChI is InChI=1S/C22H30N4O2/c1-2-23-22(25-15-9-17-28-20-12-7-4-8-13-20)26-18-21(27)24-16-14-19-10-5-3-6-11-19/h3-8,10-13H,2,9,14-18H2,1H3,(H,24,27)(H2,23,25,26). The molecule has 6 heteroatoms. The van der Waals surface area contributed by atoms with E-state index in [0.717, 1.165) is 25.1 Å². The number of amides is 1. The van der Waals surface area contributed by atoms with E-state index in [4.69, 9.17) is 4.74 Å². The lowest BCUT2D eigenvalue weighted by Gasteiger charge is -2.12. The predicted molar refractivity (Wildman–Crippen MR) is 114 cm³/mol. The van der Waals surface area contributed by atoms with Gasteiger partial charge in [0, 0.05) is 19.6 Å². The zero-order valence-electron chi connectivity index (χ0n) is 16.5. The fourth-order valence-electron chi connectivity index (χ4n) is 2.53. The van der Waals surface area contributed by atoms with Crippen LogP contribution in [0.5, 0.6) is 5.75 Å². The van der Waals surface area contributed by atoms with Gasteiger partial charge in [0.25, 0.3) is 0 Å². The molecule has 0 radical (unpaired) electrons. The molecule has 0 unspecified atom stereocenters. The Morgan fingerprint density at radius 1 is 0.929 bits per heavy atom. The first kappa shape index (κ1) is 21.3. The fourth-order valence-corrected chi connectivity index (χ4v) is 2.53. The van der Waals surface area contributed by atoms with E-state index in [0.29, 0.717) is 25.7 Å². The Labute approximate surface area is 167 Å². The number of nitrogens with one attached hydrogen (secondary N) is 3. The number of ether oxygens (including phenoxy) is 1. The molecule has 0 aliphatic heterocycles. The number of rotatable bonds is 11. The van der Waals surface area contributed by atoms with Gasteiger partial charge in [0.15, 0.2) is 5.96 Å². The minimum absolute atomic E-state index is 0.0828. The van der Waals surface area contributed by atoms with Crippen LogP contribution in [0.4, 0.5) is 0 Å². The maximum Gasteiger partial charge on any atom is 0.241 e. The van der Waals surface area contributed by atoms with Crippen molar-refractivity contribution in [3.05, 3.63) is 66.2 Å². The van der Waals surface area contributed by atoms with Crippen molar-refractivity contribution in [1.29, 1.82) is 0 Å². The molecule has 3 N–H and O–H groups in total. The number of carbonyl (C=O) groups excluding carboxylic acids is 1. The summed E-state index contributed by atoms with van der Waals surface area (Å²) in [4.78, 5) is 16.3. The highest BCUT2D eigenvalue weighted by atomic mass is 16.5. The summed E-state index contributed by atoms with van der Waals surface area (Å²) in [6.07, 6.45) is 1.65. The number of benzene rings is 2. The van der Waals surface area contributed by atoms with Crippen LogP contribution in [0.15, 0.2) is 65.7 Å². The highest BCUT2D eigenvalue weighted by molar-refractivity contribution is 5.84. The molecular formula is C22H30N4O2.